The predicted molar refractivity (Wildman–Crippen MR) is 116 cm³/mol. The summed E-state index contributed by atoms with van der Waals surface area (Å²) in [5.41, 5.74) is -0.781. The van der Waals surface area contributed by atoms with Crippen molar-refractivity contribution >= 4 is 17.9 Å². The molecule has 0 aromatic heterocycles. The van der Waals surface area contributed by atoms with Crippen LogP contribution in [-0.4, -0.2) is 78.4 Å². The molecule has 1 unspecified atom stereocenters. The molecular formula is C21H35F6N3O6. The standard InChI is InChI=1S/C21H35F6N3O6/c1-11(2)15(29-12(3)31)16(33)30-13(8-7-9-28-18(34)36-19(4,5)6)14(32)10-35-17(20(22,23)24)21(25,26)27/h11,13-15,17,32H,7-10H2,1-6H3,(H,28,34)(H,29,31)(H,30,33)/t13-,14?,15-/m0/s1. The van der Waals surface area contributed by atoms with Crippen LogP contribution in [0.25, 0.3) is 0 Å². The van der Waals surface area contributed by atoms with Crippen LogP contribution in [0, 0.1) is 5.92 Å². The summed E-state index contributed by atoms with van der Waals surface area (Å²) in [6, 6.07) is -2.45. The third kappa shape index (κ3) is 13.7. The molecule has 0 bridgehead atoms. The maximum absolute atomic E-state index is 12.7. The van der Waals surface area contributed by atoms with Crippen molar-refractivity contribution in [1.29, 1.82) is 0 Å². The van der Waals surface area contributed by atoms with Gasteiger partial charge in [0.05, 0.1) is 18.8 Å². The molecule has 212 valence electrons. The zero-order valence-corrected chi connectivity index (χ0v) is 21.0. The molecule has 0 aromatic carbocycles. The molecule has 0 aliphatic heterocycles. The van der Waals surface area contributed by atoms with Crippen LogP contribution in [0.5, 0.6) is 0 Å². The van der Waals surface area contributed by atoms with Gasteiger partial charge in [-0.3, -0.25) is 9.59 Å². The third-order valence-electron chi connectivity index (χ3n) is 4.49. The minimum absolute atomic E-state index is 0.0398. The molecule has 0 heterocycles. The Morgan fingerprint density at radius 2 is 1.47 bits per heavy atom. The Kier molecular flexibility index (Phi) is 13.0. The van der Waals surface area contributed by atoms with Crippen LogP contribution in [0.15, 0.2) is 0 Å². The monoisotopic (exact) mass is 539 g/mol. The fourth-order valence-corrected chi connectivity index (χ4v) is 2.90. The summed E-state index contributed by atoms with van der Waals surface area (Å²) in [4.78, 5) is 35.8. The van der Waals surface area contributed by atoms with E-state index in [1.54, 1.807) is 34.6 Å². The molecule has 0 aliphatic carbocycles. The first-order valence-electron chi connectivity index (χ1n) is 11.1. The maximum Gasteiger partial charge on any atom is 0.423 e. The van der Waals surface area contributed by atoms with E-state index in [2.05, 4.69) is 20.7 Å². The first kappa shape index (κ1) is 33.7. The minimum Gasteiger partial charge on any atom is -0.444 e. The second-order valence-corrected chi connectivity index (χ2v) is 9.47. The lowest BCUT2D eigenvalue weighted by atomic mass is 10.0. The van der Waals surface area contributed by atoms with E-state index < -0.39 is 72.7 Å². The van der Waals surface area contributed by atoms with Crippen molar-refractivity contribution < 1.29 is 55.3 Å². The number of nitrogens with one attached hydrogen (secondary N) is 3. The van der Waals surface area contributed by atoms with Gasteiger partial charge < -0.3 is 30.5 Å². The van der Waals surface area contributed by atoms with Gasteiger partial charge in [-0.2, -0.15) is 26.3 Å². The van der Waals surface area contributed by atoms with Gasteiger partial charge in [0.25, 0.3) is 0 Å². The van der Waals surface area contributed by atoms with Crippen molar-refractivity contribution in [3.8, 4) is 0 Å². The van der Waals surface area contributed by atoms with Crippen molar-refractivity contribution in [2.45, 2.75) is 96.6 Å². The van der Waals surface area contributed by atoms with E-state index >= 15 is 0 Å². The summed E-state index contributed by atoms with van der Waals surface area (Å²) in [6.07, 6.45) is -18.5. The fourth-order valence-electron chi connectivity index (χ4n) is 2.90. The molecule has 36 heavy (non-hydrogen) atoms. The largest absolute Gasteiger partial charge is 0.444 e. The number of alkyl carbamates (subject to hydrolysis) is 1. The van der Waals surface area contributed by atoms with Gasteiger partial charge in [-0.15, -0.1) is 0 Å². The highest BCUT2D eigenvalue weighted by Gasteiger charge is 2.58. The minimum atomic E-state index is -5.78. The molecular weight excluding hydrogens is 504 g/mol. The van der Waals surface area contributed by atoms with Gasteiger partial charge in [-0.1, -0.05) is 13.8 Å². The predicted octanol–water partition coefficient (Wildman–Crippen LogP) is 2.81. The Balaban J connectivity index is 5.42. The van der Waals surface area contributed by atoms with E-state index in [0.29, 0.717) is 0 Å². The van der Waals surface area contributed by atoms with Crippen LogP contribution in [0.2, 0.25) is 0 Å². The highest BCUT2D eigenvalue weighted by atomic mass is 19.4. The van der Waals surface area contributed by atoms with Crippen molar-refractivity contribution in [2.24, 2.45) is 5.92 Å². The average Bonchev–Trinajstić information content (AvgIpc) is 2.64. The smallest absolute Gasteiger partial charge is 0.423 e. The van der Waals surface area contributed by atoms with Crippen molar-refractivity contribution in [2.75, 3.05) is 13.2 Å². The molecule has 0 aliphatic rings. The summed E-state index contributed by atoms with van der Waals surface area (Å²) in [6.45, 7) is 7.78. The number of carbonyl (C=O) groups excluding carboxylic acids is 3. The normalized spacial score (nSPS) is 15.3. The third-order valence-corrected chi connectivity index (χ3v) is 4.49. The molecule has 0 aromatic rings. The summed E-state index contributed by atoms with van der Waals surface area (Å²) in [7, 11) is 0. The van der Waals surface area contributed by atoms with Gasteiger partial charge in [0.2, 0.25) is 17.9 Å². The summed E-state index contributed by atoms with van der Waals surface area (Å²) < 4.78 is 85.5. The van der Waals surface area contributed by atoms with Crippen molar-refractivity contribution in [3.63, 3.8) is 0 Å². The van der Waals surface area contributed by atoms with Gasteiger partial charge >= 0.3 is 18.4 Å². The second kappa shape index (κ2) is 13.9. The lowest BCUT2D eigenvalue weighted by molar-refractivity contribution is -0.325. The van der Waals surface area contributed by atoms with Crippen LogP contribution >= 0.6 is 0 Å². The molecule has 3 atom stereocenters. The van der Waals surface area contributed by atoms with Gasteiger partial charge in [-0.05, 0) is 39.5 Å². The number of amides is 3. The quantitative estimate of drug-likeness (QED) is 0.223. The van der Waals surface area contributed by atoms with Crippen LogP contribution in [0.3, 0.4) is 0 Å². The number of alkyl halides is 6. The fraction of sp³-hybridized carbons (Fsp3) is 0.857. The molecule has 15 heteroatoms. The van der Waals surface area contributed by atoms with E-state index in [0.717, 1.165) is 6.92 Å². The maximum atomic E-state index is 12.7. The lowest BCUT2D eigenvalue weighted by Gasteiger charge is -2.30. The Morgan fingerprint density at radius 1 is 0.944 bits per heavy atom. The van der Waals surface area contributed by atoms with Gasteiger partial charge in [0.15, 0.2) is 0 Å². The number of hydrogen-bond donors (Lipinski definition) is 4. The molecule has 0 saturated heterocycles. The van der Waals surface area contributed by atoms with Crippen LogP contribution < -0.4 is 16.0 Å². The molecule has 9 nitrogen and oxygen atoms in total. The van der Waals surface area contributed by atoms with Crippen LogP contribution in [-0.2, 0) is 19.1 Å². The number of aliphatic hydroxyl groups is 1. The number of carbonyl (C=O) groups is 3. The number of ether oxygens (including phenoxy) is 2. The van der Waals surface area contributed by atoms with Crippen LogP contribution in [0.4, 0.5) is 31.1 Å². The van der Waals surface area contributed by atoms with E-state index in [1.165, 1.54) is 0 Å². The first-order valence-corrected chi connectivity index (χ1v) is 11.1. The van der Waals surface area contributed by atoms with Gasteiger partial charge in [0.1, 0.15) is 11.6 Å². The Bertz CT molecular complexity index is 710. The van der Waals surface area contributed by atoms with Crippen molar-refractivity contribution in [3.05, 3.63) is 0 Å². The second-order valence-electron chi connectivity index (χ2n) is 9.47. The van der Waals surface area contributed by atoms with Crippen LogP contribution in [0.1, 0.15) is 54.4 Å². The van der Waals surface area contributed by atoms with E-state index in [4.69, 9.17) is 4.74 Å². The number of hydrogen-bond acceptors (Lipinski definition) is 6. The molecule has 0 spiro atoms. The van der Waals surface area contributed by atoms with E-state index in [9.17, 15) is 45.8 Å². The van der Waals surface area contributed by atoms with Gasteiger partial charge in [0, 0.05) is 13.5 Å². The molecule has 4 N–H and O–H groups in total. The Morgan fingerprint density at radius 3 is 1.89 bits per heavy atom. The highest BCUT2D eigenvalue weighted by Crippen LogP contribution is 2.35. The van der Waals surface area contributed by atoms with Gasteiger partial charge in [-0.25, -0.2) is 4.79 Å². The average molecular weight is 540 g/mol. The van der Waals surface area contributed by atoms with E-state index in [1.807, 2.05) is 0 Å². The SMILES string of the molecule is CC(=O)N[C@H](C(=O)N[C@@H](CCCNC(=O)OC(C)(C)C)C(O)COC(C(F)(F)F)C(F)(F)F)C(C)C. The summed E-state index contributed by atoms with van der Waals surface area (Å²) in [5, 5.41) is 17.5. The Hall–Kier alpha value is -2.29. The first-order chi connectivity index (χ1) is 16.1. The Labute approximate surface area is 205 Å². The molecule has 0 radical (unpaired) electrons. The molecule has 3 amide bonds. The number of aliphatic hydroxyl groups excluding tert-OH is 1. The molecule has 0 rings (SSSR count). The zero-order valence-electron chi connectivity index (χ0n) is 21.0. The summed E-state index contributed by atoms with van der Waals surface area (Å²) in [5.74, 6) is -1.80. The van der Waals surface area contributed by atoms with E-state index in [-0.39, 0.29) is 19.4 Å². The molecule has 0 saturated carbocycles. The van der Waals surface area contributed by atoms with Crippen molar-refractivity contribution in [1.82, 2.24) is 16.0 Å². The zero-order chi connectivity index (χ0) is 28.5. The highest BCUT2D eigenvalue weighted by molar-refractivity contribution is 5.87. The number of rotatable bonds is 12. The summed E-state index contributed by atoms with van der Waals surface area (Å²) >= 11 is 0. The number of halogens is 6. The molecule has 0 fully saturated rings. The topological polar surface area (TPSA) is 126 Å². The lowest BCUT2D eigenvalue weighted by Crippen LogP contribution is -2.55.